The number of aromatic nitrogens is 4. The van der Waals surface area contributed by atoms with Gasteiger partial charge in [0.05, 0.1) is 0 Å². The van der Waals surface area contributed by atoms with Gasteiger partial charge < -0.3 is 5.11 Å². The number of carboxylic acid groups (broad SMARTS) is 1. The van der Waals surface area contributed by atoms with Gasteiger partial charge in [-0.1, -0.05) is 0 Å². The van der Waals surface area contributed by atoms with E-state index >= 15 is 0 Å². The Kier molecular flexibility index (Phi) is 1.48. The number of nitrogens with zero attached hydrogens (tertiary/aromatic N) is 4. The smallest absolute Gasteiger partial charge is 0.354 e. The van der Waals surface area contributed by atoms with Crippen LogP contribution in [0.5, 0.6) is 0 Å². The van der Waals surface area contributed by atoms with Crippen LogP contribution >= 0.6 is 0 Å². The van der Waals surface area contributed by atoms with Gasteiger partial charge in [-0.05, 0) is 13.0 Å². The Hall–Kier alpha value is -1.98. The summed E-state index contributed by atoms with van der Waals surface area (Å²) in [7, 11) is 0. The van der Waals surface area contributed by atoms with Gasteiger partial charge in [0.25, 0.3) is 5.78 Å². The highest BCUT2D eigenvalue weighted by atomic mass is 16.4. The number of fused-ring (bicyclic) bond motifs is 1. The minimum Gasteiger partial charge on any atom is -0.477 e. The summed E-state index contributed by atoms with van der Waals surface area (Å²) < 4.78 is 1.43. The van der Waals surface area contributed by atoms with Crippen molar-refractivity contribution in [2.24, 2.45) is 0 Å². The molecule has 0 spiro atoms. The summed E-state index contributed by atoms with van der Waals surface area (Å²) in [6.07, 6.45) is 1.52. The zero-order valence-corrected chi connectivity index (χ0v) is 6.80. The Bertz CT molecular complexity index is 476. The molecule has 13 heavy (non-hydrogen) atoms. The number of hydrogen-bond donors (Lipinski definition) is 1. The van der Waals surface area contributed by atoms with Crippen molar-refractivity contribution in [1.82, 2.24) is 19.6 Å². The molecule has 2 aromatic rings. The molecule has 6 nitrogen and oxygen atoms in total. The van der Waals surface area contributed by atoms with Gasteiger partial charge in [-0.25, -0.2) is 14.3 Å². The molecule has 2 heterocycles. The van der Waals surface area contributed by atoms with Crippen LogP contribution in [0.3, 0.4) is 0 Å². The highest BCUT2D eigenvalue weighted by Crippen LogP contribution is 1.99. The maximum Gasteiger partial charge on any atom is 0.354 e. The lowest BCUT2D eigenvalue weighted by atomic mass is 10.4. The summed E-state index contributed by atoms with van der Waals surface area (Å²) in [5.41, 5.74) is -0.0279. The van der Waals surface area contributed by atoms with Crippen LogP contribution < -0.4 is 0 Å². The van der Waals surface area contributed by atoms with Gasteiger partial charge >= 0.3 is 5.97 Å². The van der Waals surface area contributed by atoms with Crippen molar-refractivity contribution in [3.63, 3.8) is 0 Å². The van der Waals surface area contributed by atoms with Crippen LogP contribution in [0.15, 0.2) is 12.3 Å². The molecule has 0 saturated heterocycles. The van der Waals surface area contributed by atoms with E-state index in [1.807, 2.05) is 0 Å². The van der Waals surface area contributed by atoms with E-state index in [0.717, 1.165) is 0 Å². The molecular formula is C7H6N4O2. The Labute approximate surface area is 72.9 Å². The first kappa shape index (κ1) is 7.66. The van der Waals surface area contributed by atoms with Crippen molar-refractivity contribution in [3.8, 4) is 0 Å². The molecule has 0 aromatic carbocycles. The van der Waals surface area contributed by atoms with E-state index in [-0.39, 0.29) is 5.69 Å². The minimum atomic E-state index is -1.07. The Balaban J connectivity index is 2.67. The van der Waals surface area contributed by atoms with Crippen LogP contribution in [0.25, 0.3) is 5.78 Å². The molecule has 0 aliphatic heterocycles. The SMILES string of the molecule is Cc1nc2nc(C(=O)O)ccn2n1. The molecule has 0 amide bonds. The molecule has 0 saturated carbocycles. The van der Waals surface area contributed by atoms with E-state index in [2.05, 4.69) is 15.1 Å². The lowest BCUT2D eigenvalue weighted by Crippen LogP contribution is -2.02. The summed E-state index contributed by atoms with van der Waals surface area (Å²) in [4.78, 5) is 18.3. The van der Waals surface area contributed by atoms with E-state index in [1.165, 1.54) is 16.8 Å². The van der Waals surface area contributed by atoms with Crippen molar-refractivity contribution in [3.05, 3.63) is 23.8 Å². The van der Waals surface area contributed by atoms with E-state index in [0.29, 0.717) is 11.6 Å². The highest BCUT2D eigenvalue weighted by Gasteiger charge is 2.07. The van der Waals surface area contributed by atoms with Crippen molar-refractivity contribution < 1.29 is 9.90 Å². The van der Waals surface area contributed by atoms with Crippen LogP contribution in [0.2, 0.25) is 0 Å². The lowest BCUT2D eigenvalue weighted by molar-refractivity contribution is 0.0690. The minimum absolute atomic E-state index is 0.0279. The van der Waals surface area contributed by atoms with Gasteiger partial charge in [0.15, 0.2) is 5.69 Å². The number of rotatable bonds is 1. The molecule has 0 aliphatic rings. The van der Waals surface area contributed by atoms with Crippen LogP contribution in [0.1, 0.15) is 16.3 Å². The Morgan fingerprint density at radius 3 is 3.00 bits per heavy atom. The number of hydrogen-bond acceptors (Lipinski definition) is 4. The van der Waals surface area contributed by atoms with Gasteiger partial charge in [0.2, 0.25) is 0 Å². The zero-order chi connectivity index (χ0) is 9.42. The van der Waals surface area contributed by atoms with Crippen LogP contribution in [-0.4, -0.2) is 30.7 Å². The average Bonchev–Trinajstić information content (AvgIpc) is 2.42. The largest absolute Gasteiger partial charge is 0.477 e. The molecule has 0 radical (unpaired) electrons. The Morgan fingerprint density at radius 1 is 1.54 bits per heavy atom. The normalized spacial score (nSPS) is 10.5. The summed E-state index contributed by atoms with van der Waals surface area (Å²) >= 11 is 0. The third-order valence-corrected chi connectivity index (χ3v) is 1.53. The fourth-order valence-electron chi connectivity index (χ4n) is 1.00. The molecule has 6 heteroatoms. The van der Waals surface area contributed by atoms with Crippen LogP contribution in [-0.2, 0) is 0 Å². The molecule has 0 atom stereocenters. The van der Waals surface area contributed by atoms with Crippen molar-refractivity contribution in [2.45, 2.75) is 6.92 Å². The van der Waals surface area contributed by atoms with Gasteiger partial charge in [0.1, 0.15) is 5.82 Å². The van der Waals surface area contributed by atoms with Crippen molar-refractivity contribution in [1.29, 1.82) is 0 Å². The fourth-order valence-corrected chi connectivity index (χ4v) is 1.00. The van der Waals surface area contributed by atoms with Crippen LogP contribution in [0, 0.1) is 6.92 Å². The molecule has 2 rings (SSSR count). The second-order valence-electron chi connectivity index (χ2n) is 2.52. The zero-order valence-electron chi connectivity index (χ0n) is 6.80. The maximum absolute atomic E-state index is 10.5. The second-order valence-corrected chi connectivity index (χ2v) is 2.52. The third kappa shape index (κ3) is 1.22. The summed E-state index contributed by atoms with van der Waals surface area (Å²) in [5.74, 6) is -0.199. The summed E-state index contributed by atoms with van der Waals surface area (Å²) in [5, 5.41) is 12.6. The molecule has 66 valence electrons. The van der Waals surface area contributed by atoms with Gasteiger partial charge in [-0.2, -0.15) is 10.1 Å². The number of carboxylic acids is 1. The highest BCUT2D eigenvalue weighted by molar-refractivity contribution is 5.85. The van der Waals surface area contributed by atoms with Gasteiger partial charge in [-0.15, -0.1) is 0 Å². The standard InChI is InChI=1S/C7H6N4O2/c1-4-8-7-9-5(6(12)13)2-3-11(7)10-4/h2-3H,1H3,(H,12,13). The first-order valence-electron chi connectivity index (χ1n) is 3.60. The number of aromatic carboxylic acids is 1. The predicted octanol–water partition coefficient (Wildman–Crippen LogP) is 0.131. The van der Waals surface area contributed by atoms with E-state index in [9.17, 15) is 4.79 Å². The fraction of sp³-hybridized carbons (Fsp3) is 0.143. The quantitative estimate of drug-likeness (QED) is 0.671. The first-order valence-corrected chi connectivity index (χ1v) is 3.60. The molecule has 1 N–H and O–H groups in total. The van der Waals surface area contributed by atoms with E-state index in [1.54, 1.807) is 6.92 Å². The van der Waals surface area contributed by atoms with Gasteiger partial charge in [-0.3, -0.25) is 0 Å². The number of aryl methyl sites for hydroxylation is 1. The van der Waals surface area contributed by atoms with Crippen molar-refractivity contribution in [2.75, 3.05) is 0 Å². The molecule has 0 fully saturated rings. The lowest BCUT2D eigenvalue weighted by Gasteiger charge is -1.92. The summed E-state index contributed by atoms with van der Waals surface area (Å²) in [6, 6.07) is 1.38. The molecule has 2 aromatic heterocycles. The van der Waals surface area contributed by atoms with Crippen LogP contribution in [0.4, 0.5) is 0 Å². The first-order chi connectivity index (χ1) is 6.16. The molecule has 0 unspecified atom stereocenters. The third-order valence-electron chi connectivity index (χ3n) is 1.53. The maximum atomic E-state index is 10.5. The topological polar surface area (TPSA) is 80.4 Å². The predicted molar refractivity (Wildman–Crippen MR) is 42.5 cm³/mol. The van der Waals surface area contributed by atoms with Gasteiger partial charge in [0, 0.05) is 6.20 Å². The Morgan fingerprint density at radius 2 is 2.31 bits per heavy atom. The average molecular weight is 178 g/mol. The second kappa shape index (κ2) is 2.51. The van der Waals surface area contributed by atoms with E-state index < -0.39 is 5.97 Å². The molecular weight excluding hydrogens is 172 g/mol. The van der Waals surface area contributed by atoms with E-state index in [4.69, 9.17) is 5.11 Å². The number of carbonyl (C=O) groups is 1. The monoisotopic (exact) mass is 178 g/mol. The molecule has 0 aliphatic carbocycles. The molecule has 0 bridgehead atoms. The van der Waals surface area contributed by atoms with Crippen molar-refractivity contribution >= 4 is 11.7 Å². The summed E-state index contributed by atoms with van der Waals surface area (Å²) in [6.45, 7) is 1.72.